The van der Waals surface area contributed by atoms with Crippen molar-refractivity contribution in [3.05, 3.63) is 53.9 Å². The molecule has 0 radical (unpaired) electrons. The number of ether oxygens (including phenoxy) is 1. The maximum absolute atomic E-state index is 12.6. The highest BCUT2D eigenvalue weighted by Gasteiger charge is 2.35. The van der Waals surface area contributed by atoms with Crippen molar-refractivity contribution in [2.24, 2.45) is 5.92 Å². The quantitative estimate of drug-likeness (QED) is 0.542. The Bertz CT molecular complexity index is 891. The zero-order valence-corrected chi connectivity index (χ0v) is 17.2. The molecule has 7 heteroatoms. The molecule has 2 aromatic rings. The average molecular weight is 409 g/mol. The van der Waals surface area contributed by atoms with Crippen molar-refractivity contribution in [1.29, 1.82) is 0 Å². The van der Waals surface area contributed by atoms with Crippen LogP contribution in [0.4, 0.5) is 0 Å². The highest BCUT2D eigenvalue weighted by Crippen LogP contribution is 2.35. The van der Waals surface area contributed by atoms with Crippen LogP contribution in [0.3, 0.4) is 0 Å². The summed E-state index contributed by atoms with van der Waals surface area (Å²) in [7, 11) is 0. The molecule has 1 aromatic heterocycles. The Balaban J connectivity index is 1.25. The van der Waals surface area contributed by atoms with Crippen molar-refractivity contribution < 1.29 is 14.3 Å². The van der Waals surface area contributed by atoms with Crippen LogP contribution in [-0.4, -0.2) is 51.0 Å². The number of carbonyl (C=O) groups excluding carboxylic acids is 2. The second-order valence-electron chi connectivity index (χ2n) is 8.11. The summed E-state index contributed by atoms with van der Waals surface area (Å²) < 4.78 is 6.90. The van der Waals surface area contributed by atoms with Gasteiger partial charge in [-0.1, -0.05) is 48.4 Å². The van der Waals surface area contributed by atoms with Crippen LogP contribution in [0.25, 0.3) is 6.08 Å². The summed E-state index contributed by atoms with van der Waals surface area (Å²) in [6.45, 7) is 1.18. The maximum Gasteiger partial charge on any atom is 0.331 e. The molecule has 0 N–H and O–H groups in total. The molecule has 1 saturated heterocycles. The van der Waals surface area contributed by atoms with Gasteiger partial charge >= 0.3 is 5.97 Å². The van der Waals surface area contributed by atoms with Gasteiger partial charge in [-0.25, -0.2) is 9.48 Å². The second kappa shape index (κ2) is 9.69. The van der Waals surface area contributed by atoms with Gasteiger partial charge in [0.2, 0.25) is 0 Å². The second-order valence-corrected chi connectivity index (χ2v) is 8.11. The van der Waals surface area contributed by atoms with E-state index in [1.807, 2.05) is 35.2 Å². The summed E-state index contributed by atoms with van der Waals surface area (Å²) in [5.41, 5.74) is 1.68. The first-order chi connectivity index (χ1) is 14.7. The van der Waals surface area contributed by atoms with E-state index in [-0.39, 0.29) is 12.5 Å². The first-order valence-corrected chi connectivity index (χ1v) is 10.8. The molecule has 158 valence electrons. The van der Waals surface area contributed by atoms with Crippen molar-refractivity contribution >= 4 is 18.0 Å². The van der Waals surface area contributed by atoms with Gasteiger partial charge in [0.05, 0.1) is 12.7 Å². The number of rotatable bonds is 6. The molecule has 1 aliphatic heterocycles. The number of esters is 1. The number of aromatic nitrogens is 3. The van der Waals surface area contributed by atoms with Gasteiger partial charge in [0.25, 0.3) is 5.91 Å². The van der Waals surface area contributed by atoms with E-state index in [4.69, 9.17) is 4.74 Å². The molecule has 2 fully saturated rings. The third-order valence-electron chi connectivity index (χ3n) is 6.04. The summed E-state index contributed by atoms with van der Waals surface area (Å²) in [5.74, 6) is -0.00846. The van der Waals surface area contributed by atoms with Crippen molar-refractivity contribution in [3.8, 4) is 0 Å². The Labute approximate surface area is 176 Å². The highest BCUT2D eigenvalue weighted by atomic mass is 16.5. The van der Waals surface area contributed by atoms with Crippen LogP contribution in [-0.2, 0) is 20.9 Å². The smallest absolute Gasteiger partial charge is 0.331 e. The number of benzene rings is 1. The Morgan fingerprint density at radius 2 is 1.90 bits per heavy atom. The molecule has 30 heavy (non-hydrogen) atoms. The van der Waals surface area contributed by atoms with E-state index in [9.17, 15) is 9.59 Å². The van der Waals surface area contributed by atoms with Crippen LogP contribution in [0.5, 0.6) is 0 Å². The van der Waals surface area contributed by atoms with Crippen molar-refractivity contribution in [3.63, 3.8) is 0 Å². The third kappa shape index (κ3) is 5.14. The van der Waals surface area contributed by atoms with E-state index in [1.165, 1.54) is 31.8 Å². The third-order valence-corrected chi connectivity index (χ3v) is 6.04. The fraction of sp³-hybridized carbons (Fsp3) is 0.478. The van der Waals surface area contributed by atoms with Gasteiger partial charge in [0.1, 0.15) is 5.69 Å². The molecule has 7 nitrogen and oxygen atoms in total. The van der Waals surface area contributed by atoms with E-state index in [0.29, 0.717) is 24.2 Å². The Morgan fingerprint density at radius 1 is 1.10 bits per heavy atom. The lowest BCUT2D eigenvalue weighted by atomic mass is 9.78. The molecule has 1 amide bonds. The molecule has 1 aliphatic carbocycles. The van der Waals surface area contributed by atoms with Gasteiger partial charge in [0, 0.05) is 18.7 Å². The standard InChI is InChI=1S/C23H28N4O3/c28-22(27-14-6-10-19-9-4-5-11-21(19)27)17-30-23(29)13-12-20-16-26(25-24-20)15-18-7-2-1-3-8-18/h1-3,7-8,12-13,16,19,21H,4-6,9-11,14-15,17H2/b13-12+/t19-,21-/m1/s1. The van der Waals surface area contributed by atoms with E-state index in [0.717, 1.165) is 24.9 Å². The van der Waals surface area contributed by atoms with Crippen LogP contribution in [0.15, 0.2) is 42.6 Å². The van der Waals surface area contributed by atoms with E-state index in [1.54, 1.807) is 17.0 Å². The number of likely N-dealkylation sites (tertiary alicyclic amines) is 1. The first kappa shape index (κ1) is 20.3. The first-order valence-electron chi connectivity index (χ1n) is 10.8. The van der Waals surface area contributed by atoms with Gasteiger partial charge < -0.3 is 9.64 Å². The molecular weight excluding hydrogens is 380 g/mol. The van der Waals surface area contributed by atoms with Gasteiger partial charge in [-0.05, 0) is 43.2 Å². The fourth-order valence-corrected chi connectivity index (χ4v) is 4.59. The molecule has 0 unspecified atom stereocenters. The highest BCUT2D eigenvalue weighted by molar-refractivity contribution is 5.89. The predicted molar refractivity (Wildman–Crippen MR) is 112 cm³/mol. The minimum atomic E-state index is -0.543. The average Bonchev–Trinajstić information content (AvgIpc) is 3.23. The molecule has 0 spiro atoms. The van der Waals surface area contributed by atoms with Crippen LogP contribution in [0.2, 0.25) is 0 Å². The monoisotopic (exact) mass is 408 g/mol. The number of nitrogens with zero attached hydrogens (tertiary/aromatic N) is 4. The Kier molecular flexibility index (Phi) is 6.57. The van der Waals surface area contributed by atoms with Crippen LogP contribution < -0.4 is 0 Å². The van der Waals surface area contributed by atoms with Gasteiger partial charge in [-0.15, -0.1) is 5.10 Å². The van der Waals surface area contributed by atoms with E-state index in [2.05, 4.69) is 10.3 Å². The minimum absolute atomic E-state index is 0.0813. The number of piperidine rings is 1. The van der Waals surface area contributed by atoms with Gasteiger partial charge in [0.15, 0.2) is 6.61 Å². The normalized spacial score (nSPS) is 21.4. The number of hydrogen-bond donors (Lipinski definition) is 0. The lowest BCUT2D eigenvalue weighted by Gasteiger charge is -2.44. The molecule has 0 bridgehead atoms. The zero-order chi connectivity index (χ0) is 20.8. The summed E-state index contributed by atoms with van der Waals surface area (Å²) in [4.78, 5) is 26.6. The number of amides is 1. The van der Waals surface area contributed by atoms with E-state index >= 15 is 0 Å². The summed E-state index contributed by atoms with van der Waals surface area (Å²) in [6.07, 6.45) is 11.6. The lowest BCUT2D eigenvalue weighted by Crippen LogP contribution is -2.50. The largest absolute Gasteiger partial charge is 0.452 e. The number of hydrogen-bond acceptors (Lipinski definition) is 5. The molecule has 1 saturated carbocycles. The van der Waals surface area contributed by atoms with Crippen LogP contribution in [0.1, 0.15) is 49.8 Å². The van der Waals surface area contributed by atoms with Crippen molar-refractivity contribution in [2.45, 2.75) is 51.1 Å². The molecule has 2 aliphatic rings. The molecule has 2 heterocycles. The molecular formula is C23H28N4O3. The topological polar surface area (TPSA) is 77.3 Å². The molecule has 4 rings (SSSR count). The van der Waals surface area contributed by atoms with Crippen molar-refractivity contribution in [1.82, 2.24) is 19.9 Å². The maximum atomic E-state index is 12.6. The summed E-state index contributed by atoms with van der Waals surface area (Å²) >= 11 is 0. The SMILES string of the molecule is O=C(/C=C/c1cn(Cc2ccccc2)nn1)OCC(=O)N1CCC[C@H]2CCCC[C@H]21. The van der Waals surface area contributed by atoms with Gasteiger partial charge in [-0.2, -0.15) is 0 Å². The molecule has 1 aromatic carbocycles. The Hall–Kier alpha value is -2.96. The summed E-state index contributed by atoms with van der Waals surface area (Å²) in [5, 5.41) is 8.11. The number of carbonyl (C=O) groups is 2. The fourth-order valence-electron chi connectivity index (χ4n) is 4.59. The summed E-state index contributed by atoms with van der Waals surface area (Å²) in [6, 6.07) is 10.3. The van der Waals surface area contributed by atoms with Crippen LogP contribution in [0, 0.1) is 5.92 Å². The van der Waals surface area contributed by atoms with E-state index < -0.39 is 5.97 Å². The van der Waals surface area contributed by atoms with Crippen LogP contribution >= 0.6 is 0 Å². The Morgan fingerprint density at radius 3 is 2.77 bits per heavy atom. The number of fused-ring (bicyclic) bond motifs is 1. The molecule has 2 atom stereocenters. The predicted octanol–water partition coefficient (Wildman–Crippen LogP) is 3.06. The van der Waals surface area contributed by atoms with Gasteiger partial charge in [-0.3, -0.25) is 4.79 Å². The lowest BCUT2D eigenvalue weighted by molar-refractivity contribution is -0.151. The van der Waals surface area contributed by atoms with Crippen molar-refractivity contribution in [2.75, 3.05) is 13.2 Å². The minimum Gasteiger partial charge on any atom is -0.452 e. The zero-order valence-electron chi connectivity index (χ0n) is 17.2.